The van der Waals surface area contributed by atoms with Crippen LogP contribution in [0.5, 0.6) is 5.75 Å². The summed E-state index contributed by atoms with van der Waals surface area (Å²) in [6.45, 7) is 9.34. The van der Waals surface area contributed by atoms with Crippen LogP contribution in [0.4, 0.5) is 0 Å². The highest BCUT2D eigenvalue weighted by atomic mass is 16.5. The monoisotopic (exact) mass is 378 g/mol. The van der Waals surface area contributed by atoms with Crippen LogP contribution in [-0.2, 0) is 11.3 Å². The molecule has 0 spiro atoms. The molecule has 0 radical (unpaired) electrons. The van der Waals surface area contributed by atoms with Crippen LogP contribution in [0, 0.1) is 0 Å². The maximum absolute atomic E-state index is 11.4. The summed E-state index contributed by atoms with van der Waals surface area (Å²) in [4.78, 5) is 18.1. The predicted molar refractivity (Wildman–Crippen MR) is 107 cm³/mol. The number of aliphatic hydroxyl groups is 1. The fraction of sp³-hybridized carbons (Fsp3) is 0.650. The number of hydrogen-bond acceptors (Lipinski definition) is 6. The third kappa shape index (κ3) is 7.84. The molecule has 1 atom stereocenters. The Morgan fingerprint density at radius 2 is 2.00 bits per heavy atom. The van der Waals surface area contributed by atoms with Gasteiger partial charge in [-0.15, -0.1) is 0 Å². The third-order valence-corrected chi connectivity index (χ3v) is 4.87. The number of nitrogens with zero attached hydrogens (tertiary/aromatic N) is 3. The number of likely N-dealkylation sites (N-methyl/N-ethyl adjacent to an activating group) is 3. The molecule has 152 valence electrons. The zero-order chi connectivity index (χ0) is 19.6. The maximum Gasteiger partial charge on any atom is 0.233 e. The quantitative estimate of drug-likeness (QED) is 0.608. The van der Waals surface area contributed by atoms with Gasteiger partial charge in [0.2, 0.25) is 5.91 Å². The van der Waals surface area contributed by atoms with Crippen molar-refractivity contribution in [2.45, 2.75) is 19.6 Å². The molecular formula is C20H34N4O3. The molecule has 0 aromatic heterocycles. The number of hydrogen-bond donors (Lipinski definition) is 2. The highest BCUT2D eigenvalue weighted by Gasteiger charge is 2.18. The van der Waals surface area contributed by atoms with Crippen LogP contribution in [0.3, 0.4) is 0 Å². The van der Waals surface area contributed by atoms with Gasteiger partial charge in [0, 0.05) is 46.3 Å². The average molecular weight is 379 g/mol. The average Bonchev–Trinajstić information content (AvgIpc) is 2.67. The molecule has 7 nitrogen and oxygen atoms in total. The van der Waals surface area contributed by atoms with Gasteiger partial charge in [0.15, 0.2) is 0 Å². The summed E-state index contributed by atoms with van der Waals surface area (Å²) in [5.41, 5.74) is 1.07. The number of aliphatic hydroxyl groups excluding tert-OH is 1. The molecule has 0 unspecified atom stereocenters. The lowest BCUT2D eigenvalue weighted by atomic mass is 10.2. The molecule has 7 heteroatoms. The first kappa shape index (κ1) is 21.6. The molecule has 1 aromatic carbocycles. The highest BCUT2D eigenvalue weighted by Crippen LogP contribution is 2.15. The van der Waals surface area contributed by atoms with Gasteiger partial charge in [0.1, 0.15) is 18.5 Å². The van der Waals surface area contributed by atoms with Gasteiger partial charge in [0.25, 0.3) is 0 Å². The first-order valence-electron chi connectivity index (χ1n) is 9.73. The lowest BCUT2D eigenvalue weighted by Gasteiger charge is -2.34. The Kier molecular flexibility index (Phi) is 9.00. The van der Waals surface area contributed by atoms with E-state index in [1.54, 1.807) is 7.05 Å². The minimum atomic E-state index is -0.502. The van der Waals surface area contributed by atoms with E-state index in [0.29, 0.717) is 19.6 Å². The van der Waals surface area contributed by atoms with Crippen molar-refractivity contribution in [2.24, 2.45) is 0 Å². The molecule has 1 aliphatic rings. The minimum absolute atomic E-state index is 0.00667. The molecular weight excluding hydrogens is 344 g/mol. The number of rotatable bonds is 10. The lowest BCUT2D eigenvalue weighted by Crippen LogP contribution is -2.49. The van der Waals surface area contributed by atoms with E-state index in [1.807, 2.05) is 36.2 Å². The summed E-state index contributed by atoms with van der Waals surface area (Å²) < 4.78 is 5.79. The van der Waals surface area contributed by atoms with Crippen LogP contribution in [0.2, 0.25) is 0 Å². The molecule has 0 saturated carbocycles. The topological polar surface area (TPSA) is 68.3 Å². The molecule has 1 aliphatic heterocycles. The van der Waals surface area contributed by atoms with Gasteiger partial charge >= 0.3 is 0 Å². The number of ether oxygens (including phenoxy) is 1. The number of carbonyl (C=O) groups excluding carboxylic acids is 1. The van der Waals surface area contributed by atoms with Gasteiger partial charge in [-0.1, -0.05) is 19.1 Å². The molecule has 1 fully saturated rings. The normalized spacial score (nSPS) is 17.1. The van der Waals surface area contributed by atoms with Gasteiger partial charge in [0.05, 0.1) is 6.54 Å². The Bertz CT molecular complexity index is 576. The molecule has 0 bridgehead atoms. The second kappa shape index (κ2) is 11.2. The van der Waals surface area contributed by atoms with Crippen molar-refractivity contribution in [3.05, 3.63) is 29.8 Å². The van der Waals surface area contributed by atoms with Crippen LogP contribution in [0.15, 0.2) is 24.3 Å². The Hall–Kier alpha value is -1.67. The highest BCUT2D eigenvalue weighted by molar-refractivity contribution is 5.77. The van der Waals surface area contributed by atoms with Gasteiger partial charge in [-0.2, -0.15) is 0 Å². The minimum Gasteiger partial charge on any atom is -0.491 e. The Morgan fingerprint density at radius 1 is 1.30 bits per heavy atom. The van der Waals surface area contributed by atoms with Crippen LogP contribution >= 0.6 is 0 Å². The van der Waals surface area contributed by atoms with Crippen molar-refractivity contribution in [3.63, 3.8) is 0 Å². The van der Waals surface area contributed by atoms with Crippen LogP contribution in [0.1, 0.15) is 12.5 Å². The van der Waals surface area contributed by atoms with E-state index in [2.05, 4.69) is 22.0 Å². The smallest absolute Gasteiger partial charge is 0.233 e. The molecule has 2 N–H and O–H groups in total. The van der Waals surface area contributed by atoms with E-state index in [-0.39, 0.29) is 12.5 Å². The van der Waals surface area contributed by atoms with Gasteiger partial charge < -0.3 is 20.1 Å². The lowest BCUT2D eigenvalue weighted by molar-refractivity contribution is -0.121. The molecule has 1 aromatic rings. The van der Waals surface area contributed by atoms with E-state index in [4.69, 9.17) is 4.74 Å². The summed E-state index contributed by atoms with van der Waals surface area (Å²) in [5, 5.41) is 12.9. The van der Waals surface area contributed by atoms with E-state index in [0.717, 1.165) is 44.0 Å². The first-order chi connectivity index (χ1) is 13.0. The molecule has 1 amide bonds. The van der Waals surface area contributed by atoms with E-state index >= 15 is 0 Å². The SMILES string of the molecule is CCN1CCN(C[C@H](O)COc2cccc(CN(C)CC(=O)NC)c2)CC1. The van der Waals surface area contributed by atoms with Crippen LogP contribution in [-0.4, -0.2) is 98.3 Å². The van der Waals surface area contributed by atoms with Crippen molar-refractivity contribution in [2.75, 3.05) is 66.5 Å². The van der Waals surface area contributed by atoms with Crippen molar-refractivity contribution >= 4 is 5.91 Å². The second-order valence-electron chi connectivity index (χ2n) is 7.19. The fourth-order valence-corrected chi connectivity index (χ4v) is 3.26. The first-order valence-corrected chi connectivity index (χ1v) is 9.73. The Labute approximate surface area is 162 Å². The summed E-state index contributed by atoms with van der Waals surface area (Å²) in [6.07, 6.45) is -0.502. The largest absolute Gasteiger partial charge is 0.491 e. The molecule has 1 heterocycles. The summed E-state index contributed by atoms with van der Waals surface area (Å²) in [5.74, 6) is 0.739. The van der Waals surface area contributed by atoms with Gasteiger partial charge in [-0.3, -0.25) is 14.6 Å². The number of carbonyl (C=O) groups is 1. The Balaban J connectivity index is 1.74. The zero-order valence-electron chi connectivity index (χ0n) is 16.9. The molecule has 1 saturated heterocycles. The van der Waals surface area contributed by atoms with Crippen LogP contribution in [0.25, 0.3) is 0 Å². The fourth-order valence-electron chi connectivity index (χ4n) is 3.26. The number of nitrogens with one attached hydrogen (secondary N) is 1. The third-order valence-electron chi connectivity index (χ3n) is 4.87. The number of piperazine rings is 1. The van der Waals surface area contributed by atoms with Crippen molar-refractivity contribution in [3.8, 4) is 5.75 Å². The zero-order valence-corrected chi connectivity index (χ0v) is 16.9. The van der Waals surface area contributed by atoms with Crippen molar-refractivity contribution < 1.29 is 14.6 Å². The van der Waals surface area contributed by atoms with Gasteiger partial charge in [-0.05, 0) is 31.3 Å². The predicted octanol–water partition coefficient (Wildman–Crippen LogP) is 0.242. The molecule has 2 rings (SSSR count). The summed E-state index contributed by atoms with van der Waals surface area (Å²) >= 11 is 0. The molecule has 0 aliphatic carbocycles. The summed E-state index contributed by atoms with van der Waals surface area (Å²) in [6, 6.07) is 7.81. The standard InChI is InChI=1S/C20H34N4O3/c1-4-23-8-10-24(11-9-23)14-18(25)16-27-19-7-5-6-17(12-19)13-22(3)15-20(26)21-2/h5-7,12,18,25H,4,8-11,13-16H2,1-3H3,(H,21,26)/t18-/m0/s1. The van der Waals surface area contributed by atoms with Crippen molar-refractivity contribution in [1.82, 2.24) is 20.0 Å². The number of benzene rings is 1. The second-order valence-corrected chi connectivity index (χ2v) is 7.19. The van der Waals surface area contributed by atoms with E-state index < -0.39 is 6.10 Å². The van der Waals surface area contributed by atoms with Crippen molar-refractivity contribution in [1.29, 1.82) is 0 Å². The van der Waals surface area contributed by atoms with Gasteiger partial charge in [-0.25, -0.2) is 0 Å². The van der Waals surface area contributed by atoms with E-state index in [1.165, 1.54) is 0 Å². The number of amides is 1. The molecule has 27 heavy (non-hydrogen) atoms. The number of β-amino-alcohol motifs (C(OH)–C–C–N with tert-alkyl or cyclic N) is 1. The van der Waals surface area contributed by atoms with Crippen LogP contribution < -0.4 is 10.1 Å². The summed E-state index contributed by atoms with van der Waals surface area (Å²) in [7, 11) is 3.55. The maximum atomic E-state index is 11.4. The Morgan fingerprint density at radius 3 is 2.67 bits per heavy atom. The van der Waals surface area contributed by atoms with E-state index in [9.17, 15) is 9.90 Å².